The lowest BCUT2D eigenvalue weighted by molar-refractivity contribution is 0.248. The summed E-state index contributed by atoms with van der Waals surface area (Å²) in [5.74, 6) is 0.0549. The van der Waals surface area contributed by atoms with E-state index in [1.807, 2.05) is 0 Å². The van der Waals surface area contributed by atoms with Gasteiger partial charge in [-0.05, 0) is 24.3 Å². The van der Waals surface area contributed by atoms with Gasteiger partial charge in [0.2, 0.25) is 0 Å². The van der Waals surface area contributed by atoms with Gasteiger partial charge >= 0.3 is 6.03 Å². The molecule has 0 fully saturated rings. The van der Waals surface area contributed by atoms with E-state index in [4.69, 9.17) is 22.5 Å². The standard InChI is InChI=1S/C12H17ClN4O2/c1-12(2,10(14)17-19)7-15-11(18)16-9-5-3-8(13)4-6-9/h3-6,19H,7H2,1-2H3,(H2,14,17)(H2,15,16,18). The van der Waals surface area contributed by atoms with Crippen molar-refractivity contribution in [2.24, 2.45) is 16.3 Å². The Morgan fingerprint density at radius 2 is 2.00 bits per heavy atom. The maximum atomic E-state index is 11.7. The molecule has 1 aromatic rings. The Hall–Kier alpha value is -1.95. The van der Waals surface area contributed by atoms with Crippen LogP contribution in [0.25, 0.3) is 0 Å². The third-order valence-corrected chi connectivity index (χ3v) is 2.85. The maximum Gasteiger partial charge on any atom is 0.319 e. The number of nitrogens with two attached hydrogens (primary N) is 1. The number of urea groups is 1. The lowest BCUT2D eigenvalue weighted by atomic mass is 9.92. The van der Waals surface area contributed by atoms with Gasteiger partial charge in [-0.1, -0.05) is 30.6 Å². The first-order chi connectivity index (χ1) is 8.85. The van der Waals surface area contributed by atoms with Crippen LogP contribution < -0.4 is 16.4 Å². The number of nitrogens with one attached hydrogen (secondary N) is 2. The van der Waals surface area contributed by atoms with E-state index >= 15 is 0 Å². The van der Waals surface area contributed by atoms with E-state index in [0.29, 0.717) is 10.7 Å². The summed E-state index contributed by atoms with van der Waals surface area (Å²) in [7, 11) is 0. The molecule has 2 amide bonds. The molecule has 7 heteroatoms. The third kappa shape index (κ3) is 4.67. The van der Waals surface area contributed by atoms with Crippen LogP contribution in [0.3, 0.4) is 0 Å². The fourth-order valence-corrected chi connectivity index (χ4v) is 1.36. The number of amides is 2. The topological polar surface area (TPSA) is 99.7 Å². The molecule has 0 aliphatic rings. The average molecular weight is 285 g/mol. The van der Waals surface area contributed by atoms with Gasteiger partial charge in [0.15, 0.2) is 0 Å². The van der Waals surface area contributed by atoms with E-state index in [-0.39, 0.29) is 18.4 Å². The average Bonchev–Trinajstić information content (AvgIpc) is 2.38. The first kappa shape index (κ1) is 15.1. The molecule has 0 heterocycles. The van der Waals surface area contributed by atoms with Crippen LogP contribution in [0.1, 0.15) is 13.8 Å². The van der Waals surface area contributed by atoms with Crippen LogP contribution in [0, 0.1) is 5.41 Å². The van der Waals surface area contributed by atoms with Crippen molar-refractivity contribution in [1.29, 1.82) is 0 Å². The second-order valence-electron chi connectivity index (χ2n) is 4.68. The molecular formula is C12H17ClN4O2. The van der Waals surface area contributed by atoms with Crippen molar-refractivity contribution >= 4 is 29.2 Å². The molecule has 104 valence electrons. The van der Waals surface area contributed by atoms with Crippen molar-refractivity contribution in [2.45, 2.75) is 13.8 Å². The number of carbonyl (C=O) groups is 1. The van der Waals surface area contributed by atoms with Gasteiger partial charge in [0.25, 0.3) is 0 Å². The van der Waals surface area contributed by atoms with E-state index in [1.165, 1.54) is 0 Å². The van der Waals surface area contributed by atoms with E-state index in [9.17, 15) is 4.79 Å². The summed E-state index contributed by atoms with van der Waals surface area (Å²) in [5.41, 5.74) is 5.52. The van der Waals surface area contributed by atoms with Gasteiger partial charge in [-0.15, -0.1) is 0 Å². The number of nitrogens with zero attached hydrogens (tertiary/aromatic N) is 1. The summed E-state index contributed by atoms with van der Waals surface area (Å²) in [6.45, 7) is 3.75. The van der Waals surface area contributed by atoms with Crippen molar-refractivity contribution < 1.29 is 10.0 Å². The highest BCUT2D eigenvalue weighted by molar-refractivity contribution is 6.30. The normalized spacial score (nSPS) is 12.1. The van der Waals surface area contributed by atoms with Gasteiger partial charge in [0, 0.05) is 22.7 Å². The van der Waals surface area contributed by atoms with Gasteiger partial charge in [-0.3, -0.25) is 0 Å². The Morgan fingerprint density at radius 1 is 1.42 bits per heavy atom. The molecule has 0 bridgehead atoms. The van der Waals surface area contributed by atoms with Crippen LogP contribution in [-0.2, 0) is 0 Å². The molecule has 0 unspecified atom stereocenters. The lowest BCUT2D eigenvalue weighted by Gasteiger charge is -2.23. The molecule has 0 spiro atoms. The summed E-state index contributed by atoms with van der Waals surface area (Å²) < 4.78 is 0. The fourth-order valence-electron chi connectivity index (χ4n) is 1.24. The number of carbonyl (C=O) groups excluding carboxylic acids is 1. The first-order valence-corrected chi connectivity index (χ1v) is 6.01. The molecule has 0 saturated carbocycles. The highest BCUT2D eigenvalue weighted by Crippen LogP contribution is 2.15. The Bertz CT molecular complexity index is 471. The SMILES string of the molecule is CC(C)(CNC(=O)Nc1ccc(Cl)cc1)/C(N)=N/O. The molecule has 1 aromatic carbocycles. The van der Waals surface area contributed by atoms with Gasteiger partial charge < -0.3 is 21.6 Å². The minimum absolute atomic E-state index is 0.0549. The minimum atomic E-state index is -0.633. The number of anilines is 1. The quantitative estimate of drug-likeness (QED) is 0.295. The van der Waals surface area contributed by atoms with Gasteiger partial charge in [0.05, 0.1) is 0 Å². The van der Waals surface area contributed by atoms with Crippen LogP contribution in [-0.4, -0.2) is 23.6 Å². The van der Waals surface area contributed by atoms with Gasteiger partial charge in [-0.2, -0.15) is 0 Å². The Morgan fingerprint density at radius 3 is 2.53 bits per heavy atom. The Balaban J connectivity index is 2.50. The molecule has 6 nitrogen and oxygen atoms in total. The highest BCUT2D eigenvalue weighted by Gasteiger charge is 2.24. The molecule has 5 N–H and O–H groups in total. The molecule has 0 aliphatic carbocycles. The van der Waals surface area contributed by atoms with Crippen molar-refractivity contribution in [1.82, 2.24) is 5.32 Å². The Kier molecular flexibility index (Phi) is 5.00. The molecular weight excluding hydrogens is 268 g/mol. The predicted octanol–water partition coefficient (Wildman–Crippen LogP) is 2.23. The van der Waals surface area contributed by atoms with Crippen molar-refractivity contribution in [2.75, 3.05) is 11.9 Å². The summed E-state index contributed by atoms with van der Waals surface area (Å²) in [4.78, 5) is 11.7. The molecule has 0 radical (unpaired) electrons. The number of rotatable bonds is 4. The van der Waals surface area contributed by atoms with Crippen molar-refractivity contribution in [3.05, 3.63) is 29.3 Å². The third-order valence-electron chi connectivity index (χ3n) is 2.59. The first-order valence-electron chi connectivity index (χ1n) is 5.63. The zero-order valence-corrected chi connectivity index (χ0v) is 11.5. The number of amidine groups is 1. The minimum Gasteiger partial charge on any atom is -0.409 e. The number of halogens is 1. The van der Waals surface area contributed by atoms with E-state index < -0.39 is 5.41 Å². The highest BCUT2D eigenvalue weighted by atomic mass is 35.5. The molecule has 0 saturated heterocycles. The van der Waals surface area contributed by atoms with Crippen molar-refractivity contribution in [3.8, 4) is 0 Å². The van der Waals surface area contributed by atoms with Crippen LogP contribution in [0.2, 0.25) is 5.02 Å². The second-order valence-corrected chi connectivity index (χ2v) is 5.12. The van der Waals surface area contributed by atoms with Crippen LogP contribution in [0.5, 0.6) is 0 Å². The van der Waals surface area contributed by atoms with Gasteiger partial charge in [-0.25, -0.2) is 4.79 Å². The zero-order chi connectivity index (χ0) is 14.5. The van der Waals surface area contributed by atoms with Crippen LogP contribution in [0.4, 0.5) is 10.5 Å². The van der Waals surface area contributed by atoms with E-state index in [2.05, 4.69) is 15.8 Å². The Labute approximate surface area is 116 Å². The van der Waals surface area contributed by atoms with Gasteiger partial charge in [0.1, 0.15) is 5.84 Å². The van der Waals surface area contributed by atoms with Crippen LogP contribution >= 0.6 is 11.6 Å². The van der Waals surface area contributed by atoms with Crippen LogP contribution in [0.15, 0.2) is 29.4 Å². The molecule has 0 aliphatic heterocycles. The second kappa shape index (κ2) is 6.29. The van der Waals surface area contributed by atoms with Crippen molar-refractivity contribution in [3.63, 3.8) is 0 Å². The predicted molar refractivity (Wildman–Crippen MR) is 75.7 cm³/mol. The lowest BCUT2D eigenvalue weighted by Crippen LogP contribution is -2.43. The molecule has 0 atom stereocenters. The number of benzene rings is 1. The largest absolute Gasteiger partial charge is 0.409 e. The maximum absolute atomic E-state index is 11.7. The van der Waals surface area contributed by atoms with E-state index in [1.54, 1.807) is 38.1 Å². The summed E-state index contributed by atoms with van der Waals surface area (Å²) in [6.07, 6.45) is 0. The molecule has 1 rings (SSSR count). The zero-order valence-electron chi connectivity index (χ0n) is 10.8. The summed E-state index contributed by atoms with van der Waals surface area (Å²) in [5, 5.41) is 17.4. The smallest absolute Gasteiger partial charge is 0.319 e. The fraction of sp³-hybridized carbons (Fsp3) is 0.333. The number of hydrogen-bond donors (Lipinski definition) is 4. The molecule has 19 heavy (non-hydrogen) atoms. The molecule has 0 aromatic heterocycles. The van der Waals surface area contributed by atoms with E-state index in [0.717, 1.165) is 0 Å². The summed E-state index contributed by atoms with van der Waals surface area (Å²) in [6, 6.07) is 6.36. The summed E-state index contributed by atoms with van der Waals surface area (Å²) >= 11 is 5.74. The number of hydrogen-bond acceptors (Lipinski definition) is 3. The monoisotopic (exact) mass is 284 g/mol. The number of oxime groups is 1.